The van der Waals surface area contributed by atoms with E-state index in [1.54, 1.807) is 0 Å². The molecule has 0 heterocycles. The van der Waals surface area contributed by atoms with Gasteiger partial charge in [0, 0.05) is 6.42 Å². The van der Waals surface area contributed by atoms with Gasteiger partial charge in [0.05, 0.1) is 0 Å². The molecule has 0 radical (unpaired) electrons. The second kappa shape index (κ2) is 23.5. The molecule has 0 fully saturated rings. The first-order valence-electron chi connectivity index (χ1n) is 9.70. The summed E-state index contributed by atoms with van der Waals surface area (Å²) in [6.07, 6.45) is 18.4. The van der Waals surface area contributed by atoms with Crippen LogP contribution in [0.25, 0.3) is 0 Å². The van der Waals surface area contributed by atoms with Crippen LogP contribution < -0.4 is 90.7 Å². The Balaban J connectivity index is -0.00000264. The maximum atomic E-state index is 11.0. The van der Waals surface area contributed by atoms with Crippen LogP contribution in [0.2, 0.25) is 0 Å². The minimum absolute atomic E-state index is 0. The van der Waals surface area contributed by atoms with E-state index in [2.05, 4.69) is 11.4 Å². The number of hydrogen-bond acceptors (Lipinski definition) is 5. The molecule has 0 aromatic carbocycles. The van der Waals surface area contributed by atoms with Gasteiger partial charge in [-0.05, 0) is 6.42 Å². The van der Waals surface area contributed by atoms with Crippen LogP contribution in [0.5, 0.6) is 0 Å². The number of unbranched alkanes of at least 4 members (excludes halogenated alkanes) is 14. The van der Waals surface area contributed by atoms with Crippen LogP contribution in [0.1, 0.15) is 110 Å². The minimum Gasteiger partial charge on any atom is -0.780 e. The van der Waals surface area contributed by atoms with Gasteiger partial charge in [-0.1, -0.05) is 96.8 Å². The maximum Gasteiger partial charge on any atom is 1.00 e. The van der Waals surface area contributed by atoms with Crippen molar-refractivity contribution >= 4 is 13.8 Å². The van der Waals surface area contributed by atoms with Crippen molar-refractivity contribution in [1.82, 2.24) is 0 Å². The number of carbonyl (C=O) groups is 1. The van der Waals surface area contributed by atoms with Crippen molar-refractivity contribution < 1.29 is 105 Å². The Kier molecular flexibility index (Phi) is 29.8. The van der Waals surface area contributed by atoms with Crippen molar-refractivity contribution in [2.45, 2.75) is 110 Å². The van der Waals surface area contributed by atoms with Crippen molar-refractivity contribution in [2.75, 3.05) is 0 Å². The average Bonchev–Trinajstić information content (AvgIpc) is 2.49. The van der Waals surface area contributed by atoms with Crippen molar-refractivity contribution in [1.29, 1.82) is 0 Å². The summed E-state index contributed by atoms with van der Waals surface area (Å²) >= 11 is 0. The van der Waals surface area contributed by atoms with Gasteiger partial charge in [0.1, 0.15) is 7.82 Å². The summed E-state index contributed by atoms with van der Waals surface area (Å²) in [5, 5.41) is 0. The Labute approximate surface area is 225 Å². The second-order valence-corrected chi connectivity index (χ2v) is 7.69. The summed E-state index contributed by atoms with van der Waals surface area (Å²) in [6, 6.07) is 0. The van der Waals surface area contributed by atoms with Crippen LogP contribution in [0.3, 0.4) is 0 Å². The molecule has 0 spiro atoms. The standard InChI is InChI=1S/C18H37O5P.K.Na/c1-2-3-4-5-6-7-8-9-10-11-12-13-14-15-16-17-18(19)23-24(20,21)22;;/h2-17H2,1H3,(H2,20,21,22);;/q;2*+1/p-2. The molecule has 26 heavy (non-hydrogen) atoms. The van der Waals surface area contributed by atoms with E-state index in [0.29, 0.717) is 6.42 Å². The topological polar surface area (TPSA) is 89.5 Å². The fourth-order valence-corrected chi connectivity index (χ4v) is 3.15. The van der Waals surface area contributed by atoms with Crippen molar-refractivity contribution in [2.24, 2.45) is 0 Å². The molecular weight excluding hydrogens is 389 g/mol. The predicted molar refractivity (Wildman–Crippen MR) is 93.2 cm³/mol. The van der Waals surface area contributed by atoms with Gasteiger partial charge < -0.3 is 18.9 Å². The molecule has 0 aliphatic heterocycles. The van der Waals surface area contributed by atoms with Crippen LogP contribution in [-0.2, 0) is 13.9 Å². The predicted octanol–water partition coefficient (Wildman–Crippen LogP) is -1.37. The first kappa shape index (κ1) is 32.9. The number of carbonyl (C=O) groups excluding carboxylic acids is 1. The molecule has 0 amide bonds. The number of phosphoric ester groups is 1. The minimum atomic E-state index is -5.16. The van der Waals surface area contributed by atoms with Crippen LogP contribution >= 0.6 is 7.82 Å². The Morgan fingerprint density at radius 3 is 1.35 bits per heavy atom. The first-order valence-corrected chi connectivity index (χ1v) is 11.2. The van der Waals surface area contributed by atoms with Gasteiger partial charge >= 0.3 is 86.9 Å². The van der Waals surface area contributed by atoms with E-state index in [9.17, 15) is 19.1 Å². The molecule has 0 N–H and O–H groups in total. The summed E-state index contributed by atoms with van der Waals surface area (Å²) in [6.45, 7) is 2.25. The molecular formula is C18H35KNaO5P. The molecule has 0 aromatic heterocycles. The number of hydrogen-bond donors (Lipinski definition) is 0. The Morgan fingerprint density at radius 2 is 1.04 bits per heavy atom. The maximum absolute atomic E-state index is 11.0. The first-order chi connectivity index (χ1) is 11.5. The van der Waals surface area contributed by atoms with Crippen LogP contribution in [0.15, 0.2) is 0 Å². The molecule has 0 bridgehead atoms. The zero-order valence-electron chi connectivity index (χ0n) is 17.3. The van der Waals surface area contributed by atoms with E-state index >= 15 is 0 Å². The third-order valence-electron chi connectivity index (χ3n) is 4.20. The summed E-state index contributed by atoms with van der Waals surface area (Å²) < 4.78 is 14.0. The molecule has 0 rings (SSSR count). The van der Waals surface area contributed by atoms with Crippen LogP contribution in [0.4, 0.5) is 0 Å². The molecule has 5 nitrogen and oxygen atoms in total. The van der Waals surface area contributed by atoms with E-state index in [1.807, 2.05) is 0 Å². The third kappa shape index (κ3) is 28.5. The summed E-state index contributed by atoms with van der Waals surface area (Å²) in [5.74, 6) is -0.932. The van der Waals surface area contributed by atoms with E-state index in [-0.39, 0.29) is 87.4 Å². The van der Waals surface area contributed by atoms with Crippen molar-refractivity contribution in [3.63, 3.8) is 0 Å². The number of phosphoric acid groups is 1. The van der Waals surface area contributed by atoms with Gasteiger partial charge in [0.15, 0.2) is 0 Å². The molecule has 0 aliphatic rings. The number of rotatable bonds is 17. The molecule has 144 valence electrons. The molecule has 0 unspecified atom stereocenters. The summed E-state index contributed by atoms with van der Waals surface area (Å²) in [7, 11) is -5.16. The summed E-state index contributed by atoms with van der Waals surface area (Å²) in [4.78, 5) is 31.5. The van der Waals surface area contributed by atoms with Gasteiger partial charge in [0.2, 0.25) is 0 Å². The van der Waals surface area contributed by atoms with Gasteiger partial charge in [-0.25, -0.2) is 0 Å². The SMILES string of the molecule is CCCCCCCCCCCCCCCCCC(=O)OP(=O)([O-])[O-].[K+].[Na+]. The fourth-order valence-electron chi connectivity index (χ4n) is 2.81. The van der Waals surface area contributed by atoms with Gasteiger partial charge in [-0.3, -0.25) is 4.79 Å². The molecule has 0 aliphatic carbocycles. The van der Waals surface area contributed by atoms with Gasteiger partial charge in [-0.15, -0.1) is 0 Å². The Hall–Kier alpha value is 2.26. The van der Waals surface area contributed by atoms with Crippen molar-refractivity contribution in [3.8, 4) is 0 Å². The molecule has 8 heteroatoms. The Morgan fingerprint density at radius 1 is 0.731 bits per heavy atom. The van der Waals surface area contributed by atoms with E-state index < -0.39 is 13.8 Å². The molecule has 0 atom stereocenters. The molecule has 0 saturated heterocycles. The van der Waals surface area contributed by atoms with E-state index in [4.69, 9.17) is 0 Å². The smallest absolute Gasteiger partial charge is 0.780 e. The zero-order valence-corrected chi connectivity index (χ0v) is 23.3. The Bertz CT molecular complexity index is 352. The largest absolute Gasteiger partial charge is 1.00 e. The zero-order chi connectivity index (χ0) is 18.1. The second-order valence-electron chi connectivity index (χ2n) is 6.61. The van der Waals surface area contributed by atoms with Crippen LogP contribution in [-0.4, -0.2) is 5.97 Å². The quantitative estimate of drug-likeness (QED) is 0.163. The summed E-state index contributed by atoms with van der Waals surface area (Å²) in [5.41, 5.74) is 0. The molecule has 0 aromatic rings. The van der Waals surface area contributed by atoms with E-state index in [0.717, 1.165) is 19.3 Å². The van der Waals surface area contributed by atoms with Crippen molar-refractivity contribution in [3.05, 3.63) is 0 Å². The van der Waals surface area contributed by atoms with Gasteiger partial charge in [0.25, 0.3) is 0 Å². The fraction of sp³-hybridized carbons (Fsp3) is 0.944. The third-order valence-corrected chi connectivity index (χ3v) is 4.63. The van der Waals surface area contributed by atoms with Gasteiger partial charge in [-0.2, -0.15) is 0 Å². The van der Waals surface area contributed by atoms with Crippen LogP contribution in [0, 0.1) is 0 Å². The average molecular weight is 425 g/mol. The van der Waals surface area contributed by atoms with E-state index in [1.165, 1.54) is 70.6 Å². The monoisotopic (exact) mass is 424 g/mol. The molecule has 0 saturated carbocycles. The normalized spacial score (nSPS) is 10.7.